The zero-order chi connectivity index (χ0) is 26.2. The topological polar surface area (TPSA) is 52.6 Å². The van der Waals surface area contributed by atoms with Crippen molar-refractivity contribution in [3.05, 3.63) is 71.5 Å². The summed E-state index contributed by atoms with van der Waals surface area (Å²) >= 11 is 0. The van der Waals surface area contributed by atoms with Crippen molar-refractivity contribution in [2.45, 2.75) is 83.2 Å². The third kappa shape index (κ3) is 7.87. The molecule has 2 aromatic rings. The third-order valence-electron chi connectivity index (χ3n) is 9.01. The second-order valence-electron chi connectivity index (χ2n) is 11.6. The van der Waals surface area contributed by atoms with E-state index in [9.17, 15) is 14.3 Å². The number of piperidine rings is 1. The normalized spacial score (nSPS) is 24.7. The SMILES string of the molecule is CC[C@H](C)[C@H](NC1CC(CN2CCC(CCCc3ccc(F)cc3)CC2)C(c2ccccc2)C1)C(=O)O. The molecule has 5 heteroatoms. The first-order chi connectivity index (χ1) is 17.9. The molecule has 1 aliphatic heterocycles. The number of likely N-dealkylation sites (tertiary alicyclic amines) is 1. The van der Waals surface area contributed by atoms with Gasteiger partial charge in [-0.15, -0.1) is 0 Å². The Hall–Kier alpha value is -2.24. The standard InChI is InChI=1S/C32H45FN2O2/c1-3-23(2)31(32(36)37)34-29-20-27(30(21-29)26-10-5-4-6-11-26)22-35-18-16-25(17-19-35)9-7-8-24-12-14-28(33)15-13-24/h4-6,10-15,23,25,27,29-31,34H,3,7-9,16-22H2,1-2H3,(H,36,37)/t23-,27?,29?,30?,31-/m0/s1. The first kappa shape index (κ1) is 27.8. The molecule has 4 nitrogen and oxygen atoms in total. The number of aliphatic carboxylic acids is 1. The molecule has 202 valence electrons. The summed E-state index contributed by atoms with van der Waals surface area (Å²) in [5.41, 5.74) is 2.62. The summed E-state index contributed by atoms with van der Waals surface area (Å²) in [7, 11) is 0. The minimum atomic E-state index is -0.726. The summed E-state index contributed by atoms with van der Waals surface area (Å²) in [6, 6.07) is 17.5. The van der Waals surface area contributed by atoms with Crippen molar-refractivity contribution in [3.63, 3.8) is 0 Å². The largest absolute Gasteiger partial charge is 0.480 e. The van der Waals surface area contributed by atoms with Crippen molar-refractivity contribution in [2.75, 3.05) is 19.6 Å². The van der Waals surface area contributed by atoms with E-state index in [1.165, 1.54) is 36.8 Å². The van der Waals surface area contributed by atoms with Gasteiger partial charge in [-0.3, -0.25) is 4.79 Å². The predicted octanol–water partition coefficient (Wildman–Crippen LogP) is 6.51. The van der Waals surface area contributed by atoms with Crippen molar-refractivity contribution in [1.29, 1.82) is 0 Å². The Morgan fingerprint density at radius 1 is 1.08 bits per heavy atom. The summed E-state index contributed by atoms with van der Waals surface area (Å²) in [4.78, 5) is 14.6. The molecule has 0 radical (unpaired) electrons. The number of carboxylic acids is 1. The van der Waals surface area contributed by atoms with Crippen LogP contribution in [0.15, 0.2) is 54.6 Å². The molecule has 2 fully saturated rings. The monoisotopic (exact) mass is 508 g/mol. The smallest absolute Gasteiger partial charge is 0.320 e. The summed E-state index contributed by atoms with van der Waals surface area (Å²) < 4.78 is 13.1. The maximum Gasteiger partial charge on any atom is 0.320 e. The van der Waals surface area contributed by atoms with Crippen LogP contribution in [-0.4, -0.2) is 47.7 Å². The number of rotatable bonds is 12. The Kier molecular flexibility index (Phi) is 10.2. The number of nitrogens with zero attached hydrogens (tertiary/aromatic N) is 1. The van der Waals surface area contributed by atoms with Gasteiger partial charge >= 0.3 is 5.97 Å². The lowest BCUT2D eigenvalue weighted by atomic mass is 9.87. The molecule has 1 saturated heterocycles. The highest BCUT2D eigenvalue weighted by Crippen LogP contribution is 2.41. The Balaban J connectivity index is 1.29. The van der Waals surface area contributed by atoms with E-state index in [1.54, 1.807) is 12.1 Å². The maximum absolute atomic E-state index is 13.1. The lowest BCUT2D eigenvalue weighted by molar-refractivity contribution is -0.141. The number of hydrogen-bond acceptors (Lipinski definition) is 3. The van der Waals surface area contributed by atoms with Crippen LogP contribution in [0.1, 0.15) is 75.8 Å². The Labute approximate surface area is 222 Å². The number of halogens is 1. The Morgan fingerprint density at radius 3 is 2.43 bits per heavy atom. The van der Waals surface area contributed by atoms with E-state index in [0.29, 0.717) is 11.8 Å². The van der Waals surface area contributed by atoms with E-state index in [4.69, 9.17) is 0 Å². The molecule has 37 heavy (non-hydrogen) atoms. The Morgan fingerprint density at radius 2 is 1.78 bits per heavy atom. The van der Waals surface area contributed by atoms with Gasteiger partial charge in [0.25, 0.3) is 0 Å². The quantitative estimate of drug-likeness (QED) is 0.343. The average Bonchev–Trinajstić information content (AvgIpc) is 3.31. The molecule has 2 aromatic carbocycles. The molecule has 1 saturated carbocycles. The average molecular weight is 509 g/mol. The van der Waals surface area contributed by atoms with Gasteiger partial charge in [0.15, 0.2) is 0 Å². The molecular formula is C32H45FN2O2. The zero-order valence-corrected chi connectivity index (χ0v) is 22.6. The van der Waals surface area contributed by atoms with Crippen molar-refractivity contribution in [3.8, 4) is 0 Å². The van der Waals surface area contributed by atoms with Crippen LogP contribution in [0.2, 0.25) is 0 Å². The van der Waals surface area contributed by atoms with Crippen LogP contribution in [-0.2, 0) is 11.2 Å². The van der Waals surface area contributed by atoms with Gasteiger partial charge in [-0.05, 0) is 98.5 Å². The molecule has 1 aliphatic carbocycles. The minimum Gasteiger partial charge on any atom is -0.480 e. The van der Waals surface area contributed by atoms with E-state index in [1.807, 2.05) is 19.1 Å². The van der Waals surface area contributed by atoms with E-state index in [0.717, 1.165) is 51.2 Å². The molecule has 3 unspecified atom stereocenters. The van der Waals surface area contributed by atoms with Gasteiger partial charge in [-0.1, -0.05) is 69.2 Å². The van der Waals surface area contributed by atoms with E-state index >= 15 is 0 Å². The van der Waals surface area contributed by atoms with E-state index < -0.39 is 12.0 Å². The fraction of sp³-hybridized carbons (Fsp3) is 0.594. The van der Waals surface area contributed by atoms with Gasteiger partial charge in [-0.25, -0.2) is 4.39 Å². The van der Waals surface area contributed by atoms with Crippen molar-refractivity contribution < 1.29 is 14.3 Å². The fourth-order valence-corrected chi connectivity index (χ4v) is 6.58. The van der Waals surface area contributed by atoms with Crippen LogP contribution in [0.3, 0.4) is 0 Å². The lowest BCUT2D eigenvalue weighted by Gasteiger charge is -2.35. The van der Waals surface area contributed by atoms with Crippen LogP contribution in [0.5, 0.6) is 0 Å². The first-order valence-electron chi connectivity index (χ1n) is 14.4. The number of aryl methyl sites for hydroxylation is 1. The summed E-state index contributed by atoms with van der Waals surface area (Å²) in [6.07, 6.45) is 8.87. The molecule has 0 spiro atoms. The van der Waals surface area contributed by atoms with Crippen molar-refractivity contribution >= 4 is 5.97 Å². The van der Waals surface area contributed by atoms with Crippen molar-refractivity contribution in [1.82, 2.24) is 10.2 Å². The molecule has 1 heterocycles. The van der Waals surface area contributed by atoms with Gasteiger partial charge in [0.1, 0.15) is 11.9 Å². The first-order valence-corrected chi connectivity index (χ1v) is 14.4. The molecule has 0 aromatic heterocycles. The van der Waals surface area contributed by atoms with Crippen molar-refractivity contribution in [2.24, 2.45) is 17.8 Å². The molecule has 0 amide bonds. The Bertz CT molecular complexity index is 959. The molecular weight excluding hydrogens is 463 g/mol. The molecule has 2 aliphatic rings. The number of nitrogens with one attached hydrogen (secondary N) is 1. The van der Waals surface area contributed by atoms with Gasteiger partial charge in [-0.2, -0.15) is 0 Å². The van der Waals surface area contributed by atoms with Gasteiger partial charge in [0.2, 0.25) is 0 Å². The molecule has 5 atom stereocenters. The highest BCUT2D eigenvalue weighted by molar-refractivity contribution is 5.73. The van der Waals surface area contributed by atoms with Crippen LogP contribution in [0, 0.1) is 23.6 Å². The van der Waals surface area contributed by atoms with Gasteiger partial charge in [0.05, 0.1) is 0 Å². The zero-order valence-electron chi connectivity index (χ0n) is 22.6. The van der Waals surface area contributed by atoms with Crippen LogP contribution in [0.4, 0.5) is 4.39 Å². The lowest BCUT2D eigenvalue weighted by Crippen LogP contribution is -2.46. The highest BCUT2D eigenvalue weighted by Gasteiger charge is 2.38. The molecule has 0 bridgehead atoms. The highest BCUT2D eigenvalue weighted by atomic mass is 19.1. The fourth-order valence-electron chi connectivity index (χ4n) is 6.58. The summed E-state index contributed by atoms with van der Waals surface area (Å²) in [5.74, 6) is 1.03. The second-order valence-corrected chi connectivity index (χ2v) is 11.6. The van der Waals surface area contributed by atoms with Crippen LogP contribution in [0.25, 0.3) is 0 Å². The number of carboxylic acid groups (broad SMARTS) is 1. The summed E-state index contributed by atoms with van der Waals surface area (Å²) in [5, 5.41) is 13.4. The molecule has 2 N–H and O–H groups in total. The van der Waals surface area contributed by atoms with Gasteiger partial charge in [0, 0.05) is 12.6 Å². The third-order valence-corrected chi connectivity index (χ3v) is 9.01. The second kappa shape index (κ2) is 13.5. The number of carbonyl (C=O) groups is 1. The minimum absolute atomic E-state index is 0.119. The number of benzene rings is 2. The van der Waals surface area contributed by atoms with E-state index in [-0.39, 0.29) is 17.8 Å². The van der Waals surface area contributed by atoms with Crippen LogP contribution < -0.4 is 5.32 Å². The van der Waals surface area contributed by atoms with Crippen LogP contribution >= 0.6 is 0 Å². The predicted molar refractivity (Wildman–Crippen MR) is 148 cm³/mol. The summed E-state index contributed by atoms with van der Waals surface area (Å²) in [6.45, 7) is 7.51. The number of hydrogen-bond donors (Lipinski definition) is 2. The maximum atomic E-state index is 13.1. The van der Waals surface area contributed by atoms with E-state index in [2.05, 4.69) is 47.5 Å². The van der Waals surface area contributed by atoms with Gasteiger partial charge < -0.3 is 15.3 Å². The molecule has 4 rings (SSSR count).